The van der Waals surface area contributed by atoms with E-state index in [1.165, 1.54) is 18.2 Å². The Labute approximate surface area is 302 Å². The third kappa shape index (κ3) is 6.71. The first-order valence-electron chi connectivity index (χ1n) is 17.4. The van der Waals surface area contributed by atoms with Gasteiger partial charge in [0, 0.05) is 27.8 Å². The second kappa shape index (κ2) is 13.6. The van der Waals surface area contributed by atoms with Crippen LogP contribution in [0, 0.1) is 11.2 Å². The molecule has 0 spiro atoms. The van der Waals surface area contributed by atoms with E-state index < -0.39 is 11.0 Å². The predicted molar refractivity (Wildman–Crippen MR) is 203 cm³/mol. The molecule has 3 atom stereocenters. The number of nitrogens with zero attached hydrogens (tertiary/aromatic N) is 3. The second-order valence-electron chi connectivity index (χ2n) is 13.8. The van der Waals surface area contributed by atoms with E-state index in [0.29, 0.717) is 23.9 Å². The number of benzene rings is 5. The normalized spacial score (nSPS) is 21.2. The summed E-state index contributed by atoms with van der Waals surface area (Å²) in [4.78, 5) is 14.6. The van der Waals surface area contributed by atoms with E-state index in [1.54, 1.807) is 18.2 Å². The summed E-state index contributed by atoms with van der Waals surface area (Å²) >= 11 is 0. The smallest absolute Gasteiger partial charge is 0.164 e. The minimum atomic E-state index is -0.612. The monoisotopic (exact) mass is 685 g/mol. The van der Waals surface area contributed by atoms with Gasteiger partial charge in [0.2, 0.25) is 0 Å². The van der Waals surface area contributed by atoms with Gasteiger partial charge in [-0.15, -0.1) is 0 Å². The molecule has 0 saturated heterocycles. The maximum atomic E-state index is 14.1. The Bertz CT molecular complexity index is 2260. The van der Waals surface area contributed by atoms with Gasteiger partial charge in [-0.3, -0.25) is 5.32 Å². The Morgan fingerprint density at radius 2 is 1.17 bits per heavy atom. The van der Waals surface area contributed by atoms with Crippen LogP contribution in [0.2, 0.25) is 0 Å². The number of nitrogens with one attached hydrogen (secondary N) is 2. The lowest BCUT2D eigenvalue weighted by Gasteiger charge is -2.44. The molecule has 1 aliphatic carbocycles. The zero-order chi connectivity index (χ0) is 35.7. The number of rotatable bonds is 7. The molecular weight excluding hydrogens is 649 g/mol. The van der Waals surface area contributed by atoms with Gasteiger partial charge in [0.05, 0.1) is 5.54 Å². The molecule has 2 N–H and O–H groups in total. The standard InChI is InChI=1S/C45H37F2N5/c1-44(26-24-38(47)25-27-44)39-29-45(2,52-43(48-39)34-20-22-37(46)23-21-34)36-15-9-14-35(28-36)30-16-18-33(19-17-30)42-50-40(31-10-5-3-6-11-31)49-41(51-42)32-12-7-4-8-13-32/h3-26,28-29,43,48,52H,27H2,1-2H3. The van der Waals surface area contributed by atoms with Crippen molar-refractivity contribution in [2.75, 3.05) is 0 Å². The van der Waals surface area contributed by atoms with Crippen molar-refractivity contribution in [2.24, 2.45) is 5.41 Å². The molecule has 1 aliphatic heterocycles. The lowest BCUT2D eigenvalue weighted by molar-refractivity contribution is 0.291. The van der Waals surface area contributed by atoms with Crippen LogP contribution >= 0.6 is 0 Å². The summed E-state index contributed by atoms with van der Waals surface area (Å²) in [6.45, 7) is 4.25. The molecule has 0 amide bonds. The molecular formula is C45H37F2N5. The number of hydrogen-bond donors (Lipinski definition) is 2. The van der Waals surface area contributed by atoms with Crippen molar-refractivity contribution >= 4 is 0 Å². The molecule has 0 radical (unpaired) electrons. The van der Waals surface area contributed by atoms with Gasteiger partial charge in [0.25, 0.3) is 0 Å². The van der Waals surface area contributed by atoms with Crippen LogP contribution in [0.3, 0.4) is 0 Å². The number of hydrogen-bond acceptors (Lipinski definition) is 5. The van der Waals surface area contributed by atoms with Gasteiger partial charge in [0.1, 0.15) is 17.8 Å². The van der Waals surface area contributed by atoms with Gasteiger partial charge in [-0.25, -0.2) is 23.7 Å². The van der Waals surface area contributed by atoms with E-state index in [-0.39, 0.29) is 17.8 Å². The molecule has 0 saturated carbocycles. The van der Waals surface area contributed by atoms with Crippen molar-refractivity contribution in [3.63, 3.8) is 0 Å². The molecule has 6 aromatic rings. The Morgan fingerprint density at radius 1 is 0.615 bits per heavy atom. The Balaban J connectivity index is 1.14. The average molecular weight is 686 g/mol. The van der Waals surface area contributed by atoms with Crippen molar-refractivity contribution in [3.8, 4) is 45.3 Å². The van der Waals surface area contributed by atoms with Crippen LogP contribution in [-0.4, -0.2) is 15.0 Å². The second-order valence-corrected chi connectivity index (χ2v) is 13.8. The highest BCUT2D eigenvalue weighted by atomic mass is 19.1. The van der Waals surface area contributed by atoms with Crippen molar-refractivity contribution < 1.29 is 8.78 Å². The molecule has 2 heterocycles. The fraction of sp³-hybridized carbons (Fsp3) is 0.133. The zero-order valence-electron chi connectivity index (χ0n) is 28.9. The van der Waals surface area contributed by atoms with Crippen molar-refractivity contribution in [1.29, 1.82) is 0 Å². The summed E-state index contributed by atoms with van der Waals surface area (Å²) in [6.07, 6.45) is 7.49. The summed E-state index contributed by atoms with van der Waals surface area (Å²) < 4.78 is 28.0. The fourth-order valence-corrected chi connectivity index (χ4v) is 6.86. The highest BCUT2D eigenvalue weighted by Crippen LogP contribution is 2.42. The minimum absolute atomic E-state index is 0.229. The van der Waals surface area contributed by atoms with Gasteiger partial charge < -0.3 is 5.32 Å². The molecule has 0 bridgehead atoms. The van der Waals surface area contributed by atoms with Gasteiger partial charge >= 0.3 is 0 Å². The van der Waals surface area contributed by atoms with Crippen molar-refractivity contribution in [1.82, 2.24) is 25.6 Å². The first-order valence-corrected chi connectivity index (χ1v) is 17.4. The zero-order valence-corrected chi connectivity index (χ0v) is 28.9. The third-order valence-corrected chi connectivity index (χ3v) is 9.97. The van der Waals surface area contributed by atoms with Gasteiger partial charge in [-0.05, 0) is 72.0 Å². The molecule has 3 unspecified atom stereocenters. The number of halogens is 2. The Kier molecular flexibility index (Phi) is 8.65. The Hall–Kier alpha value is -6.05. The average Bonchev–Trinajstić information content (AvgIpc) is 3.20. The van der Waals surface area contributed by atoms with Crippen LogP contribution < -0.4 is 10.6 Å². The molecule has 1 aromatic heterocycles. The van der Waals surface area contributed by atoms with E-state index in [9.17, 15) is 8.78 Å². The maximum absolute atomic E-state index is 14.1. The third-order valence-electron chi connectivity index (χ3n) is 9.97. The predicted octanol–water partition coefficient (Wildman–Crippen LogP) is 10.5. The first-order chi connectivity index (χ1) is 25.2. The first kappa shape index (κ1) is 33.1. The fourth-order valence-electron chi connectivity index (χ4n) is 6.86. The van der Waals surface area contributed by atoms with Gasteiger partial charge in [-0.2, -0.15) is 0 Å². The highest BCUT2D eigenvalue weighted by Gasteiger charge is 2.39. The lowest BCUT2D eigenvalue weighted by Crippen LogP contribution is -2.52. The van der Waals surface area contributed by atoms with E-state index in [2.05, 4.69) is 79.1 Å². The lowest BCUT2D eigenvalue weighted by atomic mass is 9.75. The van der Waals surface area contributed by atoms with E-state index >= 15 is 0 Å². The van der Waals surface area contributed by atoms with E-state index in [4.69, 9.17) is 15.0 Å². The summed E-state index contributed by atoms with van der Waals surface area (Å²) in [5.41, 5.74) is 6.71. The summed E-state index contributed by atoms with van der Waals surface area (Å²) in [7, 11) is 0. The highest BCUT2D eigenvalue weighted by molar-refractivity contribution is 5.71. The molecule has 256 valence electrons. The largest absolute Gasteiger partial charge is 0.369 e. The maximum Gasteiger partial charge on any atom is 0.164 e. The molecule has 2 aliphatic rings. The van der Waals surface area contributed by atoms with Crippen LogP contribution in [0.1, 0.15) is 37.6 Å². The van der Waals surface area contributed by atoms with Crippen LogP contribution in [0.25, 0.3) is 45.3 Å². The quantitative estimate of drug-likeness (QED) is 0.175. The summed E-state index contributed by atoms with van der Waals surface area (Å²) in [5, 5.41) is 7.42. The number of allylic oxidation sites excluding steroid dienone is 4. The molecule has 8 rings (SSSR count). The SMILES string of the molecule is CC1(C2=CC(C)(c3cccc(-c4ccc(-c5nc(-c6ccccc6)nc(-c6ccccc6)n5)cc4)c3)NC(c3ccc(F)cc3)N2)C=CC(F)=CC1. The Morgan fingerprint density at radius 3 is 1.75 bits per heavy atom. The van der Waals surface area contributed by atoms with Crippen LogP contribution in [-0.2, 0) is 5.54 Å². The number of aromatic nitrogens is 3. The minimum Gasteiger partial charge on any atom is -0.369 e. The van der Waals surface area contributed by atoms with E-state index in [0.717, 1.165) is 44.6 Å². The van der Waals surface area contributed by atoms with Crippen LogP contribution in [0.15, 0.2) is 169 Å². The van der Waals surface area contributed by atoms with Crippen molar-refractivity contribution in [3.05, 3.63) is 186 Å². The van der Waals surface area contributed by atoms with Crippen LogP contribution in [0.5, 0.6) is 0 Å². The van der Waals surface area contributed by atoms with E-state index in [1.807, 2.05) is 66.7 Å². The molecule has 5 nitrogen and oxygen atoms in total. The summed E-state index contributed by atoms with van der Waals surface area (Å²) in [6, 6.07) is 43.2. The van der Waals surface area contributed by atoms with Gasteiger partial charge in [-0.1, -0.05) is 128 Å². The van der Waals surface area contributed by atoms with Crippen LogP contribution in [0.4, 0.5) is 8.78 Å². The molecule has 52 heavy (non-hydrogen) atoms. The molecule has 7 heteroatoms. The summed E-state index contributed by atoms with van der Waals surface area (Å²) in [5.74, 6) is 1.32. The van der Waals surface area contributed by atoms with Gasteiger partial charge in [0.15, 0.2) is 17.5 Å². The van der Waals surface area contributed by atoms with Crippen molar-refractivity contribution in [2.45, 2.75) is 32.0 Å². The topological polar surface area (TPSA) is 62.7 Å². The molecule has 0 fully saturated rings. The molecule has 5 aromatic carbocycles.